The second kappa shape index (κ2) is 7.09. The summed E-state index contributed by atoms with van der Waals surface area (Å²) >= 11 is 0. The number of nitrogens with zero attached hydrogens (tertiary/aromatic N) is 4. The number of hydrogen-bond acceptors (Lipinski definition) is 5. The van der Waals surface area contributed by atoms with Crippen LogP contribution in [-0.2, 0) is 0 Å². The Morgan fingerprint density at radius 2 is 1.40 bits per heavy atom. The van der Waals surface area contributed by atoms with Crippen molar-refractivity contribution >= 4 is 23.2 Å². The molecule has 0 aliphatic carbocycles. The van der Waals surface area contributed by atoms with Crippen LogP contribution in [0.2, 0.25) is 0 Å². The predicted octanol–water partition coefficient (Wildman–Crippen LogP) is 2.93. The van der Waals surface area contributed by atoms with Gasteiger partial charge in [-0.25, -0.2) is 9.97 Å². The maximum atomic E-state index is 12.4. The Labute approximate surface area is 147 Å². The molecular weight excluding hydrogens is 314 g/mol. The van der Waals surface area contributed by atoms with Gasteiger partial charge in [0.05, 0.1) is 5.56 Å². The summed E-state index contributed by atoms with van der Waals surface area (Å²) in [4.78, 5) is 25.6. The molecule has 0 atom stereocenters. The Balaban J connectivity index is 1.39. The Morgan fingerprint density at radius 1 is 0.840 bits per heavy atom. The monoisotopic (exact) mass is 337 g/mol. The van der Waals surface area contributed by atoms with E-state index in [0.29, 0.717) is 11.5 Å². The summed E-state index contributed by atoms with van der Waals surface area (Å²) in [5.74, 6) is 0.533. The normalized spacial score (nSPS) is 17.1. The van der Waals surface area contributed by atoms with Crippen LogP contribution in [0, 0.1) is 0 Å². The van der Waals surface area contributed by atoms with Crippen molar-refractivity contribution in [2.75, 3.05) is 41.3 Å². The molecule has 2 aliphatic rings. The first-order valence-electron chi connectivity index (χ1n) is 9.03. The van der Waals surface area contributed by atoms with Crippen molar-refractivity contribution in [1.29, 1.82) is 0 Å². The second-order valence-corrected chi connectivity index (χ2v) is 6.66. The third-order valence-electron chi connectivity index (χ3n) is 4.89. The molecule has 1 aromatic heterocycles. The summed E-state index contributed by atoms with van der Waals surface area (Å²) in [5, 5.41) is 2.91. The van der Waals surface area contributed by atoms with Crippen LogP contribution in [-0.4, -0.2) is 42.1 Å². The molecule has 0 spiro atoms. The van der Waals surface area contributed by atoms with Gasteiger partial charge in [-0.05, 0) is 49.9 Å². The first kappa shape index (κ1) is 15.9. The molecule has 130 valence electrons. The number of benzene rings is 1. The lowest BCUT2D eigenvalue weighted by atomic mass is 10.2. The largest absolute Gasteiger partial charge is 0.372 e. The molecule has 3 heterocycles. The summed E-state index contributed by atoms with van der Waals surface area (Å²) in [7, 11) is 0. The highest BCUT2D eigenvalue weighted by Gasteiger charge is 2.16. The molecule has 0 saturated carbocycles. The summed E-state index contributed by atoms with van der Waals surface area (Å²) in [5.41, 5.74) is 2.48. The van der Waals surface area contributed by atoms with Gasteiger partial charge in [0.15, 0.2) is 0 Å². The lowest BCUT2D eigenvalue weighted by Crippen LogP contribution is -2.21. The fourth-order valence-electron chi connectivity index (χ4n) is 3.45. The topological polar surface area (TPSA) is 61.4 Å². The Hall–Kier alpha value is -2.63. The number of rotatable bonds is 4. The number of amides is 1. The summed E-state index contributed by atoms with van der Waals surface area (Å²) < 4.78 is 0. The molecule has 2 aliphatic heterocycles. The van der Waals surface area contributed by atoms with E-state index in [9.17, 15) is 4.79 Å². The number of carbonyl (C=O) groups is 1. The number of anilines is 3. The fourth-order valence-corrected chi connectivity index (χ4v) is 3.45. The van der Waals surface area contributed by atoms with Gasteiger partial charge >= 0.3 is 0 Å². The van der Waals surface area contributed by atoms with E-state index in [2.05, 4.69) is 37.2 Å². The van der Waals surface area contributed by atoms with Crippen LogP contribution < -0.4 is 15.1 Å². The van der Waals surface area contributed by atoms with Crippen molar-refractivity contribution in [2.24, 2.45) is 0 Å². The van der Waals surface area contributed by atoms with E-state index in [0.717, 1.165) is 31.9 Å². The van der Waals surface area contributed by atoms with Crippen LogP contribution in [0.15, 0.2) is 36.7 Å². The fraction of sp³-hybridized carbons (Fsp3) is 0.421. The van der Waals surface area contributed by atoms with E-state index < -0.39 is 0 Å². The van der Waals surface area contributed by atoms with Gasteiger partial charge in [-0.2, -0.15) is 0 Å². The number of hydrogen-bond donors (Lipinski definition) is 1. The van der Waals surface area contributed by atoms with E-state index in [-0.39, 0.29) is 5.91 Å². The van der Waals surface area contributed by atoms with Crippen molar-refractivity contribution in [3.8, 4) is 0 Å². The molecule has 0 radical (unpaired) electrons. The van der Waals surface area contributed by atoms with Crippen LogP contribution in [0.5, 0.6) is 0 Å². The molecule has 4 rings (SSSR count). The molecule has 0 unspecified atom stereocenters. The van der Waals surface area contributed by atoms with E-state index in [4.69, 9.17) is 0 Å². The average Bonchev–Trinajstić information content (AvgIpc) is 3.36. The first-order valence-corrected chi connectivity index (χ1v) is 9.03. The van der Waals surface area contributed by atoms with E-state index in [1.54, 1.807) is 12.4 Å². The lowest BCUT2D eigenvalue weighted by Gasteiger charge is -2.17. The second-order valence-electron chi connectivity index (χ2n) is 6.66. The van der Waals surface area contributed by atoms with E-state index in [1.807, 2.05) is 12.1 Å². The highest BCUT2D eigenvalue weighted by Crippen LogP contribution is 2.22. The summed E-state index contributed by atoms with van der Waals surface area (Å²) in [6.07, 6.45) is 8.08. The standard InChI is InChI=1S/C19H23N5O/c25-18(15-13-20-19(21-14-15)24-11-3-4-12-24)22-16-5-7-17(8-6-16)23-9-1-2-10-23/h5-8,13-14H,1-4,9-12H2,(H,22,25). The first-order chi connectivity index (χ1) is 12.3. The molecule has 0 bridgehead atoms. The molecule has 2 saturated heterocycles. The van der Waals surface area contributed by atoms with Gasteiger partial charge in [-0.3, -0.25) is 4.79 Å². The van der Waals surface area contributed by atoms with Crippen molar-refractivity contribution in [3.05, 3.63) is 42.2 Å². The lowest BCUT2D eigenvalue weighted by molar-refractivity contribution is 0.102. The SMILES string of the molecule is O=C(Nc1ccc(N2CCCC2)cc1)c1cnc(N2CCCC2)nc1. The van der Waals surface area contributed by atoms with Crippen molar-refractivity contribution in [3.63, 3.8) is 0 Å². The van der Waals surface area contributed by atoms with Gasteiger partial charge in [0.25, 0.3) is 5.91 Å². The third kappa shape index (κ3) is 3.57. The minimum atomic E-state index is -0.179. The van der Waals surface area contributed by atoms with Gasteiger partial charge in [-0.1, -0.05) is 0 Å². The smallest absolute Gasteiger partial charge is 0.258 e. The maximum absolute atomic E-state index is 12.4. The average molecular weight is 337 g/mol. The summed E-state index contributed by atoms with van der Waals surface area (Å²) in [6.45, 7) is 4.22. The van der Waals surface area contributed by atoms with Gasteiger partial charge < -0.3 is 15.1 Å². The zero-order chi connectivity index (χ0) is 17.1. The maximum Gasteiger partial charge on any atom is 0.258 e. The van der Waals surface area contributed by atoms with Crippen LogP contribution in [0.4, 0.5) is 17.3 Å². The molecule has 1 aromatic carbocycles. The zero-order valence-electron chi connectivity index (χ0n) is 14.3. The quantitative estimate of drug-likeness (QED) is 0.929. The van der Waals surface area contributed by atoms with Gasteiger partial charge in [0.2, 0.25) is 5.95 Å². The van der Waals surface area contributed by atoms with Gasteiger partial charge in [0.1, 0.15) is 0 Å². The minimum Gasteiger partial charge on any atom is -0.372 e. The predicted molar refractivity (Wildman–Crippen MR) is 99.3 cm³/mol. The zero-order valence-corrected chi connectivity index (χ0v) is 14.3. The number of carbonyl (C=O) groups excluding carboxylic acids is 1. The molecule has 2 aromatic rings. The molecular formula is C19H23N5O. The number of nitrogens with one attached hydrogen (secondary N) is 1. The van der Waals surface area contributed by atoms with Gasteiger partial charge in [-0.15, -0.1) is 0 Å². The van der Waals surface area contributed by atoms with E-state index >= 15 is 0 Å². The van der Waals surface area contributed by atoms with Gasteiger partial charge in [0, 0.05) is 49.9 Å². The Morgan fingerprint density at radius 3 is 2.00 bits per heavy atom. The molecule has 2 fully saturated rings. The summed E-state index contributed by atoms with van der Waals surface area (Å²) in [6, 6.07) is 8.03. The molecule has 25 heavy (non-hydrogen) atoms. The Kier molecular flexibility index (Phi) is 4.50. The molecule has 1 amide bonds. The molecule has 6 heteroatoms. The van der Waals surface area contributed by atoms with Crippen LogP contribution in [0.1, 0.15) is 36.0 Å². The Bertz CT molecular complexity index is 716. The van der Waals surface area contributed by atoms with Crippen molar-refractivity contribution in [1.82, 2.24) is 9.97 Å². The van der Waals surface area contributed by atoms with Crippen molar-refractivity contribution < 1.29 is 4.79 Å². The van der Waals surface area contributed by atoms with Crippen LogP contribution in [0.3, 0.4) is 0 Å². The highest BCUT2D eigenvalue weighted by molar-refractivity contribution is 6.03. The van der Waals surface area contributed by atoms with E-state index in [1.165, 1.54) is 31.4 Å². The minimum absolute atomic E-state index is 0.179. The van der Waals surface area contributed by atoms with Crippen molar-refractivity contribution in [2.45, 2.75) is 25.7 Å². The molecule has 6 nitrogen and oxygen atoms in total. The van der Waals surface area contributed by atoms with Crippen LogP contribution >= 0.6 is 0 Å². The van der Waals surface area contributed by atoms with Crippen LogP contribution in [0.25, 0.3) is 0 Å². The number of aromatic nitrogens is 2. The molecule has 1 N–H and O–H groups in total. The third-order valence-corrected chi connectivity index (χ3v) is 4.89. The highest BCUT2D eigenvalue weighted by atomic mass is 16.1.